The van der Waals surface area contributed by atoms with Gasteiger partial charge in [-0.1, -0.05) is 138 Å². The van der Waals surface area contributed by atoms with Gasteiger partial charge in [0.1, 0.15) is 13.2 Å². The minimum atomic E-state index is -4.33. The van der Waals surface area contributed by atoms with E-state index in [0.29, 0.717) is 17.4 Å². The van der Waals surface area contributed by atoms with Crippen molar-refractivity contribution >= 4 is 13.7 Å². The van der Waals surface area contributed by atoms with E-state index in [-0.39, 0.29) is 19.1 Å². The monoisotopic (exact) mass is 736 g/mol. The number of quaternary nitrogens is 1. The predicted molar refractivity (Wildman–Crippen MR) is 216 cm³/mol. The van der Waals surface area contributed by atoms with Gasteiger partial charge in [-0.15, -0.1) is 0 Å². The SMILES string of the molecule is CC/C=C\C/C=C\C/C=C\C/C=C\C/C=C\CCCCCCCCCC(=O)NC(COP(=O)(O)OCC[N+](C)(C)C)C(O)/C=C/CCCCCC. The summed E-state index contributed by atoms with van der Waals surface area (Å²) in [7, 11) is 1.54. The van der Waals surface area contributed by atoms with Gasteiger partial charge in [-0.2, -0.15) is 0 Å². The summed E-state index contributed by atoms with van der Waals surface area (Å²) in [6.45, 7) is 4.57. The third kappa shape index (κ3) is 36.1. The molecule has 9 heteroatoms. The topological polar surface area (TPSA) is 105 Å². The average molecular weight is 736 g/mol. The number of nitrogens with one attached hydrogen (secondary N) is 1. The number of nitrogens with zero attached hydrogens (tertiary/aromatic N) is 1. The fraction of sp³-hybridized carbons (Fsp3) is 0.690. The molecular formula is C42H76N2O6P+. The van der Waals surface area contributed by atoms with Crippen molar-refractivity contribution in [2.24, 2.45) is 0 Å². The number of rotatable bonds is 34. The zero-order valence-electron chi connectivity index (χ0n) is 33.1. The quantitative estimate of drug-likeness (QED) is 0.0263. The highest BCUT2D eigenvalue weighted by atomic mass is 31.2. The number of likely N-dealkylation sites (N-methyl/N-ethyl adjacent to an activating group) is 1. The Morgan fingerprint density at radius 2 is 1.18 bits per heavy atom. The first-order valence-corrected chi connectivity index (χ1v) is 21.3. The Morgan fingerprint density at radius 3 is 1.73 bits per heavy atom. The molecule has 3 N–H and O–H groups in total. The van der Waals surface area contributed by atoms with E-state index >= 15 is 0 Å². The van der Waals surface area contributed by atoms with Crippen LogP contribution in [-0.2, 0) is 18.4 Å². The van der Waals surface area contributed by atoms with Crippen LogP contribution >= 0.6 is 7.82 Å². The smallest absolute Gasteiger partial charge is 0.387 e. The van der Waals surface area contributed by atoms with Gasteiger partial charge in [-0.05, 0) is 64.2 Å². The molecule has 51 heavy (non-hydrogen) atoms. The van der Waals surface area contributed by atoms with Crippen LogP contribution in [0.4, 0.5) is 0 Å². The van der Waals surface area contributed by atoms with Gasteiger partial charge in [0, 0.05) is 6.42 Å². The van der Waals surface area contributed by atoms with Gasteiger partial charge in [0.25, 0.3) is 0 Å². The lowest BCUT2D eigenvalue weighted by Gasteiger charge is -2.25. The predicted octanol–water partition coefficient (Wildman–Crippen LogP) is 10.5. The van der Waals surface area contributed by atoms with Crippen LogP contribution < -0.4 is 5.32 Å². The van der Waals surface area contributed by atoms with Crippen molar-refractivity contribution in [3.8, 4) is 0 Å². The number of phosphoric ester groups is 1. The van der Waals surface area contributed by atoms with E-state index in [1.54, 1.807) is 6.08 Å². The van der Waals surface area contributed by atoms with Crippen molar-refractivity contribution in [1.29, 1.82) is 0 Å². The number of carbonyl (C=O) groups is 1. The maximum absolute atomic E-state index is 12.7. The van der Waals surface area contributed by atoms with Crippen LogP contribution in [0.2, 0.25) is 0 Å². The Hall–Kier alpha value is -2.06. The second-order valence-electron chi connectivity index (χ2n) is 14.3. The number of aliphatic hydroxyl groups excluding tert-OH is 1. The zero-order valence-corrected chi connectivity index (χ0v) is 34.0. The van der Waals surface area contributed by atoms with E-state index in [2.05, 4.69) is 79.9 Å². The summed E-state index contributed by atoms with van der Waals surface area (Å²) in [5.74, 6) is -0.199. The molecular weight excluding hydrogens is 659 g/mol. The zero-order chi connectivity index (χ0) is 37.9. The van der Waals surface area contributed by atoms with Crippen molar-refractivity contribution in [3.63, 3.8) is 0 Å². The van der Waals surface area contributed by atoms with Crippen LogP contribution in [0.25, 0.3) is 0 Å². The molecule has 0 rings (SSSR count). The third-order valence-corrected chi connectivity index (χ3v) is 9.17. The summed E-state index contributed by atoms with van der Waals surface area (Å²) >= 11 is 0. The molecule has 0 radical (unpaired) electrons. The Bertz CT molecular complexity index is 1060. The van der Waals surface area contributed by atoms with Gasteiger partial charge in [-0.3, -0.25) is 13.8 Å². The van der Waals surface area contributed by atoms with E-state index in [1.165, 1.54) is 25.7 Å². The fourth-order valence-corrected chi connectivity index (χ4v) is 5.74. The van der Waals surface area contributed by atoms with Crippen LogP contribution in [0.15, 0.2) is 72.9 Å². The summed E-state index contributed by atoms with van der Waals surface area (Å²) in [5, 5.41) is 13.6. The van der Waals surface area contributed by atoms with E-state index in [9.17, 15) is 19.4 Å². The van der Waals surface area contributed by atoms with E-state index in [0.717, 1.165) is 89.9 Å². The molecule has 0 aliphatic heterocycles. The average Bonchev–Trinajstić information content (AvgIpc) is 3.07. The number of unbranched alkanes of at least 4 members (excludes halogenated alkanes) is 11. The molecule has 0 aromatic carbocycles. The highest BCUT2D eigenvalue weighted by Gasteiger charge is 2.27. The Morgan fingerprint density at radius 1 is 0.686 bits per heavy atom. The number of carbonyl (C=O) groups excluding carboxylic acids is 1. The number of amides is 1. The first-order chi connectivity index (χ1) is 24.5. The van der Waals surface area contributed by atoms with Gasteiger partial charge in [-0.25, -0.2) is 4.57 Å². The highest BCUT2D eigenvalue weighted by molar-refractivity contribution is 7.47. The standard InChI is InChI=1S/C42H75N2O6P/c1-6-8-10-12-14-15-16-17-18-19-20-21-22-23-24-25-26-27-28-29-30-32-34-36-42(46)43-40(41(45)35-33-31-13-11-9-7-2)39-50-51(47,48)49-38-37-44(3,4)5/h8,10,14-15,17-18,20-21,23-24,33,35,40-41,45H,6-7,9,11-13,16,19,22,25-32,34,36-39H2,1-5H3,(H-,43,46,47,48)/p+1/b10-8-,15-14-,18-17-,21-20-,24-23-,35-33+. The molecule has 0 aromatic rings. The number of allylic oxidation sites excluding steroid dienone is 11. The molecule has 8 nitrogen and oxygen atoms in total. The van der Waals surface area contributed by atoms with Gasteiger partial charge in [0.2, 0.25) is 5.91 Å². The number of phosphoric acid groups is 1. The van der Waals surface area contributed by atoms with Crippen LogP contribution in [0.3, 0.4) is 0 Å². The van der Waals surface area contributed by atoms with E-state index in [4.69, 9.17) is 9.05 Å². The van der Waals surface area contributed by atoms with Crippen LogP contribution in [0.1, 0.15) is 136 Å². The number of hydrogen-bond acceptors (Lipinski definition) is 5. The maximum atomic E-state index is 12.7. The Kier molecular flexibility index (Phi) is 32.4. The van der Waals surface area contributed by atoms with Crippen LogP contribution in [0, 0.1) is 0 Å². The van der Waals surface area contributed by atoms with Crippen molar-refractivity contribution in [2.75, 3.05) is 40.9 Å². The minimum absolute atomic E-state index is 0.0544. The molecule has 3 atom stereocenters. The first-order valence-electron chi connectivity index (χ1n) is 19.8. The van der Waals surface area contributed by atoms with Crippen LogP contribution in [-0.4, -0.2) is 73.4 Å². The molecule has 0 aliphatic rings. The molecule has 3 unspecified atom stereocenters. The van der Waals surface area contributed by atoms with Gasteiger partial charge >= 0.3 is 7.82 Å². The fourth-order valence-electron chi connectivity index (χ4n) is 5.01. The largest absolute Gasteiger partial charge is 0.472 e. The molecule has 294 valence electrons. The summed E-state index contributed by atoms with van der Waals surface area (Å²) in [6.07, 6.45) is 44.2. The normalized spacial score (nSPS) is 15.4. The molecule has 0 heterocycles. The summed E-state index contributed by atoms with van der Waals surface area (Å²) in [5.41, 5.74) is 0. The molecule has 0 aliphatic carbocycles. The lowest BCUT2D eigenvalue weighted by atomic mass is 10.1. The molecule has 1 amide bonds. The summed E-state index contributed by atoms with van der Waals surface area (Å²) in [4.78, 5) is 22.9. The number of aliphatic hydroxyl groups is 1. The molecule has 0 saturated carbocycles. The molecule has 0 aromatic heterocycles. The Balaban J connectivity index is 4.25. The van der Waals surface area contributed by atoms with Crippen molar-refractivity contribution in [3.05, 3.63) is 72.9 Å². The first kappa shape index (κ1) is 48.9. The van der Waals surface area contributed by atoms with Crippen molar-refractivity contribution in [1.82, 2.24) is 5.32 Å². The lowest BCUT2D eigenvalue weighted by Crippen LogP contribution is -2.45. The van der Waals surface area contributed by atoms with Crippen LogP contribution in [0.5, 0.6) is 0 Å². The van der Waals surface area contributed by atoms with E-state index < -0.39 is 20.0 Å². The second kappa shape index (κ2) is 33.8. The highest BCUT2D eigenvalue weighted by Crippen LogP contribution is 2.43. The molecule has 0 fully saturated rings. The van der Waals surface area contributed by atoms with Gasteiger partial charge < -0.3 is 19.8 Å². The third-order valence-electron chi connectivity index (χ3n) is 8.18. The molecule has 0 spiro atoms. The van der Waals surface area contributed by atoms with Crippen molar-refractivity contribution < 1.29 is 32.9 Å². The molecule has 0 saturated heterocycles. The maximum Gasteiger partial charge on any atom is 0.472 e. The number of hydrogen-bond donors (Lipinski definition) is 3. The Labute approximate surface area is 313 Å². The lowest BCUT2D eigenvalue weighted by molar-refractivity contribution is -0.870. The van der Waals surface area contributed by atoms with Gasteiger partial charge in [0.15, 0.2) is 0 Å². The summed E-state index contributed by atoms with van der Waals surface area (Å²) in [6, 6.07) is -0.852. The van der Waals surface area contributed by atoms with Crippen molar-refractivity contribution in [2.45, 2.75) is 148 Å². The second-order valence-corrected chi connectivity index (χ2v) is 15.7. The van der Waals surface area contributed by atoms with Gasteiger partial charge in [0.05, 0.1) is 39.9 Å². The molecule has 0 bridgehead atoms. The minimum Gasteiger partial charge on any atom is -0.387 e. The summed E-state index contributed by atoms with van der Waals surface area (Å²) < 4.78 is 23.3. The van der Waals surface area contributed by atoms with E-state index in [1.807, 2.05) is 27.2 Å².